The molecule has 128 valence electrons. The number of nitrogens with one attached hydrogen (secondary N) is 1. The van der Waals surface area contributed by atoms with Crippen LogP contribution >= 0.6 is 0 Å². The van der Waals surface area contributed by atoms with Crippen molar-refractivity contribution in [1.82, 2.24) is 9.97 Å². The van der Waals surface area contributed by atoms with E-state index in [0.29, 0.717) is 10.9 Å². The smallest absolute Gasteiger partial charge is 0.137 e. The lowest BCUT2D eigenvalue weighted by Crippen LogP contribution is -2.24. The standard InChI is InChI=1S/C22H19B2N3/c1-14-4-7-21-18(9-14)22(27-13-26-21)25-8-2-3-15-5-6-16-11-19(23)20(24)12-17(16)10-15/h4-7,9-13H,2-3,8H2,1H3,(H,25,26,27). The molecule has 0 spiro atoms. The topological polar surface area (TPSA) is 37.8 Å². The molecule has 4 radical (unpaired) electrons. The lowest BCUT2D eigenvalue weighted by molar-refractivity contribution is 0.860. The first kappa shape index (κ1) is 17.6. The summed E-state index contributed by atoms with van der Waals surface area (Å²) in [7, 11) is 11.8. The molecule has 0 saturated heterocycles. The first-order valence-corrected chi connectivity index (χ1v) is 9.13. The fraction of sp³-hybridized carbons (Fsp3) is 0.182. The molecule has 0 bridgehead atoms. The number of nitrogens with zero attached hydrogens (tertiary/aromatic N) is 2. The highest BCUT2D eigenvalue weighted by Gasteiger charge is 2.04. The monoisotopic (exact) mass is 347 g/mol. The van der Waals surface area contributed by atoms with E-state index in [9.17, 15) is 0 Å². The van der Waals surface area contributed by atoms with E-state index < -0.39 is 0 Å². The Morgan fingerprint density at radius 3 is 2.56 bits per heavy atom. The summed E-state index contributed by atoms with van der Waals surface area (Å²) in [5.41, 5.74) is 4.72. The number of anilines is 1. The molecule has 5 heteroatoms. The van der Waals surface area contributed by atoms with Crippen molar-refractivity contribution >= 4 is 54.1 Å². The van der Waals surface area contributed by atoms with Gasteiger partial charge in [0, 0.05) is 11.9 Å². The van der Waals surface area contributed by atoms with E-state index in [4.69, 9.17) is 15.7 Å². The molecule has 0 aliphatic rings. The van der Waals surface area contributed by atoms with Gasteiger partial charge in [0.05, 0.1) is 5.52 Å². The highest BCUT2D eigenvalue weighted by Crippen LogP contribution is 2.20. The first-order valence-electron chi connectivity index (χ1n) is 9.13. The molecule has 4 rings (SSSR count). The number of aryl methyl sites for hydroxylation is 2. The minimum absolute atomic E-state index is 0.631. The fourth-order valence-electron chi connectivity index (χ4n) is 3.35. The van der Waals surface area contributed by atoms with Crippen molar-refractivity contribution in [2.45, 2.75) is 19.8 Å². The number of hydrogen-bond donors (Lipinski definition) is 1. The van der Waals surface area contributed by atoms with E-state index in [-0.39, 0.29) is 0 Å². The molecule has 3 aromatic carbocycles. The summed E-state index contributed by atoms with van der Waals surface area (Å²) in [6.45, 7) is 2.93. The summed E-state index contributed by atoms with van der Waals surface area (Å²) in [6, 6.07) is 16.5. The van der Waals surface area contributed by atoms with Gasteiger partial charge in [0.15, 0.2) is 0 Å². The zero-order valence-electron chi connectivity index (χ0n) is 15.4. The van der Waals surface area contributed by atoms with E-state index in [2.05, 4.69) is 52.5 Å². The van der Waals surface area contributed by atoms with Crippen molar-refractivity contribution in [2.24, 2.45) is 0 Å². The summed E-state index contributed by atoms with van der Waals surface area (Å²) >= 11 is 0. The molecule has 0 fully saturated rings. The molecule has 4 aromatic rings. The average Bonchev–Trinajstić information content (AvgIpc) is 2.66. The third-order valence-electron chi connectivity index (χ3n) is 4.83. The molecule has 0 aliphatic carbocycles. The van der Waals surface area contributed by atoms with Crippen LogP contribution < -0.4 is 16.2 Å². The lowest BCUT2D eigenvalue weighted by atomic mass is 9.79. The van der Waals surface area contributed by atoms with Gasteiger partial charge in [0.2, 0.25) is 0 Å². The normalized spacial score (nSPS) is 11.1. The maximum absolute atomic E-state index is 5.93. The summed E-state index contributed by atoms with van der Waals surface area (Å²) in [6.07, 6.45) is 3.60. The number of hydrogen-bond acceptors (Lipinski definition) is 3. The van der Waals surface area contributed by atoms with Crippen molar-refractivity contribution in [1.29, 1.82) is 0 Å². The highest BCUT2D eigenvalue weighted by molar-refractivity contribution is 6.49. The van der Waals surface area contributed by atoms with Crippen LogP contribution in [-0.2, 0) is 6.42 Å². The highest BCUT2D eigenvalue weighted by atomic mass is 15.0. The Morgan fingerprint density at radius 1 is 0.889 bits per heavy atom. The van der Waals surface area contributed by atoms with Gasteiger partial charge < -0.3 is 5.32 Å². The lowest BCUT2D eigenvalue weighted by Gasteiger charge is -2.10. The SMILES string of the molecule is [B]c1cc2ccc(CCCNc3ncnc4ccc(C)cc34)cc2cc1[B]. The summed E-state index contributed by atoms with van der Waals surface area (Å²) in [4.78, 5) is 8.73. The van der Waals surface area contributed by atoms with Gasteiger partial charge in [-0.15, -0.1) is 10.9 Å². The van der Waals surface area contributed by atoms with Gasteiger partial charge in [0.25, 0.3) is 0 Å². The van der Waals surface area contributed by atoms with E-state index in [0.717, 1.165) is 46.9 Å². The van der Waals surface area contributed by atoms with Crippen LogP contribution in [0.3, 0.4) is 0 Å². The van der Waals surface area contributed by atoms with Crippen molar-refractivity contribution in [3.05, 3.63) is 66.0 Å². The number of rotatable bonds is 5. The summed E-state index contributed by atoms with van der Waals surface area (Å²) in [5.74, 6) is 0.894. The molecule has 0 atom stereocenters. The van der Waals surface area contributed by atoms with Crippen LogP contribution in [0.4, 0.5) is 5.82 Å². The average molecular weight is 347 g/mol. The van der Waals surface area contributed by atoms with Crippen molar-refractivity contribution in [3.63, 3.8) is 0 Å². The van der Waals surface area contributed by atoms with Crippen LogP contribution in [0.15, 0.2) is 54.9 Å². The third-order valence-corrected chi connectivity index (χ3v) is 4.83. The number of aromatic nitrogens is 2. The van der Waals surface area contributed by atoms with Crippen LogP contribution in [0.1, 0.15) is 17.5 Å². The third kappa shape index (κ3) is 3.82. The van der Waals surface area contributed by atoms with Crippen LogP contribution in [0, 0.1) is 6.92 Å². The second-order valence-electron chi connectivity index (χ2n) is 6.94. The second-order valence-corrected chi connectivity index (χ2v) is 6.94. The van der Waals surface area contributed by atoms with Gasteiger partial charge in [-0.05, 0) is 48.2 Å². The van der Waals surface area contributed by atoms with Gasteiger partial charge in [0.1, 0.15) is 27.8 Å². The Balaban J connectivity index is 1.42. The Morgan fingerprint density at radius 2 is 1.70 bits per heavy atom. The van der Waals surface area contributed by atoms with Crippen LogP contribution in [0.2, 0.25) is 0 Å². The molecule has 1 aromatic heterocycles. The maximum Gasteiger partial charge on any atom is 0.137 e. The molecule has 0 unspecified atom stereocenters. The zero-order valence-corrected chi connectivity index (χ0v) is 15.4. The predicted octanol–water partition coefficient (Wildman–Crippen LogP) is 2.72. The quantitative estimate of drug-likeness (QED) is 0.446. The van der Waals surface area contributed by atoms with Crippen molar-refractivity contribution in [2.75, 3.05) is 11.9 Å². The van der Waals surface area contributed by atoms with Gasteiger partial charge in [-0.25, -0.2) is 9.97 Å². The van der Waals surface area contributed by atoms with Crippen molar-refractivity contribution < 1.29 is 0 Å². The molecular weight excluding hydrogens is 328 g/mol. The molecule has 1 heterocycles. The van der Waals surface area contributed by atoms with Gasteiger partial charge >= 0.3 is 0 Å². The molecule has 1 N–H and O–H groups in total. The maximum atomic E-state index is 5.93. The molecule has 0 saturated carbocycles. The van der Waals surface area contributed by atoms with E-state index in [1.165, 1.54) is 11.1 Å². The predicted molar refractivity (Wildman–Crippen MR) is 116 cm³/mol. The first-order chi connectivity index (χ1) is 13.1. The van der Waals surface area contributed by atoms with Crippen molar-refractivity contribution in [3.8, 4) is 0 Å². The molecule has 0 aliphatic heterocycles. The minimum atomic E-state index is 0.631. The van der Waals surface area contributed by atoms with E-state index >= 15 is 0 Å². The van der Waals surface area contributed by atoms with Gasteiger partial charge in [-0.2, -0.15) is 0 Å². The Labute approximate surface area is 162 Å². The summed E-state index contributed by atoms with van der Waals surface area (Å²) in [5, 5.41) is 6.76. The Kier molecular flexibility index (Phi) is 4.85. The molecule has 0 amide bonds. The van der Waals surface area contributed by atoms with E-state index in [1.807, 2.05) is 18.2 Å². The largest absolute Gasteiger partial charge is 0.369 e. The fourth-order valence-corrected chi connectivity index (χ4v) is 3.35. The summed E-state index contributed by atoms with van der Waals surface area (Å²) < 4.78 is 0. The van der Waals surface area contributed by atoms with Crippen LogP contribution in [0.25, 0.3) is 21.7 Å². The zero-order chi connectivity index (χ0) is 18.8. The van der Waals surface area contributed by atoms with E-state index in [1.54, 1.807) is 6.33 Å². The molecule has 27 heavy (non-hydrogen) atoms. The Hall–Kier alpha value is -2.81. The number of benzene rings is 3. The number of fused-ring (bicyclic) bond motifs is 2. The second kappa shape index (κ2) is 7.43. The molecule has 3 nitrogen and oxygen atoms in total. The van der Waals surface area contributed by atoms with Gasteiger partial charge in [-0.3, -0.25) is 0 Å². The van der Waals surface area contributed by atoms with Gasteiger partial charge in [-0.1, -0.05) is 42.0 Å². The Bertz CT molecular complexity index is 1130. The van der Waals surface area contributed by atoms with Crippen LogP contribution in [0.5, 0.6) is 0 Å². The minimum Gasteiger partial charge on any atom is -0.369 e. The molecular formula is C22H19B2N3. The van der Waals surface area contributed by atoms with Crippen LogP contribution in [-0.4, -0.2) is 32.2 Å².